The quantitative estimate of drug-likeness (QED) is 0.581. The monoisotopic (exact) mass is 439 g/mol. The number of aliphatic hydroxyl groups excluding tert-OH is 1. The van der Waals surface area contributed by atoms with Gasteiger partial charge in [-0.1, -0.05) is 11.3 Å². The summed E-state index contributed by atoms with van der Waals surface area (Å²) in [6.07, 6.45) is 1.74. The van der Waals surface area contributed by atoms with Gasteiger partial charge in [0, 0.05) is 38.1 Å². The lowest BCUT2D eigenvalue weighted by Crippen LogP contribution is -2.31. The second-order valence-corrected chi connectivity index (χ2v) is 10.0. The van der Waals surface area contributed by atoms with Gasteiger partial charge in [0.05, 0.1) is 12.3 Å². The number of rotatable bonds is 8. The molecule has 1 heterocycles. The van der Waals surface area contributed by atoms with Crippen molar-refractivity contribution >= 4 is 43.9 Å². The van der Waals surface area contributed by atoms with E-state index in [4.69, 9.17) is 5.11 Å². The maximum atomic E-state index is 12.8. The van der Waals surface area contributed by atoms with E-state index >= 15 is 0 Å². The summed E-state index contributed by atoms with van der Waals surface area (Å²) in [6.45, 7) is 2.11. The van der Waals surface area contributed by atoms with Crippen molar-refractivity contribution in [1.82, 2.24) is 9.29 Å². The van der Waals surface area contributed by atoms with Crippen LogP contribution in [0, 0.1) is 6.92 Å². The van der Waals surface area contributed by atoms with Crippen LogP contribution in [0.25, 0.3) is 0 Å². The van der Waals surface area contributed by atoms with Crippen molar-refractivity contribution in [2.45, 2.75) is 30.0 Å². The number of benzene rings is 1. The van der Waals surface area contributed by atoms with E-state index in [-0.39, 0.29) is 16.9 Å². The number of sulfonamides is 1. The topological polar surface area (TPSA) is 115 Å². The highest BCUT2D eigenvalue weighted by Gasteiger charge is 2.37. The van der Waals surface area contributed by atoms with Crippen LogP contribution in [0.3, 0.4) is 0 Å². The second kappa shape index (κ2) is 8.66. The fourth-order valence-electron chi connectivity index (χ4n) is 2.68. The number of urea groups is 1. The highest BCUT2D eigenvalue weighted by Crippen LogP contribution is 2.36. The molecule has 0 bridgehead atoms. The van der Waals surface area contributed by atoms with Gasteiger partial charge in [-0.2, -0.15) is 4.31 Å². The van der Waals surface area contributed by atoms with E-state index in [9.17, 15) is 13.2 Å². The van der Waals surface area contributed by atoms with Crippen molar-refractivity contribution in [2.24, 2.45) is 0 Å². The summed E-state index contributed by atoms with van der Waals surface area (Å²) in [6, 6.07) is 6.68. The van der Waals surface area contributed by atoms with E-state index in [0.29, 0.717) is 23.1 Å². The normalized spacial score (nSPS) is 14.1. The molecule has 3 N–H and O–H groups in total. The molecular weight excluding hydrogens is 414 g/mol. The molecule has 1 saturated carbocycles. The predicted molar refractivity (Wildman–Crippen MR) is 114 cm³/mol. The number of anilines is 3. The molecule has 158 valence electrons. The summed E-state index contributed by atoms with van der Waals surface area (Å²) in [5.74, 6) is 0. The Balaban J connectivity index is 1.70. The van der Waals surface area contributed by atoms with Gasteiger partial charge in [0.2, 0.25) is 0 Å². The minimum Gasteiger partial charge on any atom is -0.395 e. The number of carbonyl (C=O) groups is 1. The lowest BCUT2D eigenvalue weighted by Gasteiger charge is -2.16. The summed E-state index contributed by atoms with van der Waals surface area (Å²) in [7, 11) is -0.478. The third-order valence-corrected chi connectivity index (χ3v) is 8.32. The van der Waals surface area contributed by atoms with Crippen molar-refractivity contribution in [1.29, 1.82) is 0 Å². The lowest BCUT2D eigenvalue weighted by atomic mass is 10.3. The highest BCUT2D eigenvalue weighted by molar-refractivity contribution is 7.91. The van der Waals surface area contributed by atoms with Gasteiger partial charge >= 0.3 is 6.03 Å². The number of thiazole rings is 1. The van der Waals surface area contributed by atoms with Crippen LogP contribution >= 0.6 is 11.3 Å². The van der Waals surface area contributed by atoms with Crippen LogP contribution in [0.1, 0.15) is 18.5 Å². The van der Waals surface area contributed by atoms with Gasteiger partial charge in [0.15, 0.2) is 9.34 Å². The zero-order valence-electron chi connectivity index (χ0n) is 16.5. The lowest BCUT2D eigenvalue weighted by molar-refractivity contribution is 0.258. The minimum absolute atomic E-state index is 0.0324. The van der Waals surface area contributed by atoms with E-state index in [1.54, 1.807) is 45.3 Å². The largest absolute Gasteiger partial charge is 0.395 e. The fourth-order valence-corrected chi connectivity index (χ4v) is 5.73. The van der Waals surface area contributed by atoms with Gasteiger partial charge in [0.1, 0.15) is 0 Å². The van der Waals surface area contributed by atoms with Crippen LogP contribution in [-0.2, 0) is 10.0 Å². The van der Waals surface area contributed by atoms with E-state index in [1.807, 2.05) is 0 Å². The average molecular weight is 440 g/mol. The van der Waals surface area contributed by atoms with E-state index in [0.717, 1.165) is 29.9 Å². The number of carbonyl (C=O) groups excluding carboxylic acids is 1. The SMILES string of the molecule is Cc1nc(N(C)C(=O)Nc2ccc(NCCO)cc2)sc1S(=O)(=O)N(C)C1CC1. The number of nitrogens with one attached hydrogen (secondary N) is 2. The van der Waals surface area contributed by atoms with Crippen LogP contribution in [0.4, 0.5) is 21.3 Å². The molecule has 11 heteroatoms. The molecule has 1 aliphatic rings. The number of aryl methyl sites for hydroxylation is 1. The molecule has 1 aromatic carbocycles. The van der Waals surface area contributed by atoms with E-state index < -0.39 is 16.1 Å². The number of nitrogens with zero attached hydrogens (tertiary/aromatic N) is 3. The molecule has 9 nitrogen and oxygen atoms in total. The summed E-state index contributed by atoms with van der Waals surface area (Å²) in [5.41, 5.74) is 1.80. The predicted octanol–water partition coefficient (Wildman–Crippen LogP) is 2.31. The fraction of sp³-hybridized carbons (Fsp3) is 0.444. The molecule has 0 atom stereocenters. The first-order valence-corrected chi connectivity index (χ1v) is 11.4. The highest BCUT2D eigenvalue weighted by atomic mass is 32.2. The number of hydrogen-bond acceptors (Lipinski definition) is 7. The van der Waals surface area contributed by atoms with Gasteiger partial charge in [-0.3, -0.25) is 4.90 Å². The molecule has 0 unspecified atom stereocenters. The molecule has 0 radical (unpaired) electrons. The van der Waals surface area contributed by atoms with Crippen LogP contribution in [0.5, 0.6) is 0 Å². The van der Waals surface area contributed by atoms with Crippen molar-refractivity contribution < 1.29 is 18.3 Å². The molecule has 2 amide bonds. The van der Waals surface area contributed by atoms with Crippen molar-refractivity contribution in [3.05, 3.63) is 30.0 Å². The third kappa shape index (κ3) is 4.86. The van der Waals surface area contributed by atoms with Crippen molar-refractivity contribution in [3.63, 3.8) is 0 Å². The third-order valence-electron chi connectivity index (χ3n) is 4.59. The maximum Gasteiger partial charge on any atom is 0.327 e. The molecular formula is C18H25N5O4S2. The Kier molecular flexibility index (Phi) is 6.42. The Morgan fingerprint density at radius 1 is 1.24 bits per heavy atom. The molecule has 1 aliphatic carbocycles. The molecule has 0 aliphatic heterocycles. The molecule has 0 spiro atoms. The van der Waals surface area contributed by atoms with Gasteiger partial charge in [-0.05, 0) is 44.0 Å². The smallest absolute Gasteiger partial charge is 0.327 e. The van der Waals surface area contributed by atoms with Gasteiger partial charge in [-0.25, -0.2) is 18.2 Å². The first-order chi connectivity index (χ1) is 13.7. The van der Waals surface area contributed by atoms with Crippen LogP contribution in [-0.4, -0.2) is 62.1 Å². The van der Waals surface area contributed by atoms with Gasteiger partial charge in [0.25, 0.3) is 10.0 Å². The Hall–Kier alpha value is -2.21. The molecule has 29 heavy (non-hydrogen) atoms. The van der Waals surface area contributed by atoms with Gasteiger partial charge in [-0.15, -0.1) is 0 Å². The standard InChI is InChI=1S/C18H25N5O4S2/c1-12-16(29(26,27)23(3)15-8-9-15)28-18(20-12)22(2)17(25)21-14-6-4-13(5-7-14)19-10-11-24/h4-7,15,19,24H,8-11H2,1-3H3,(H,21,25). The summed E-state index contributed by atoms with van der Waals surface area (Å²) >= 11 is 0.989. The average Bonchev–Trinajstić information content (AvgIpc) is 3.47. The first kappa shape index (κ1) is 21.5. The second-order valence-electron chi connectivity index (χ2n) is 6.84. The number of aromatic nitrogens is 1. The van der Waals surface area contributed by atoms with Crippen molar-refractivity contribution in [2.75, 3.05) is 42.8 Å². The Morgan fingerprint density at radius 2 is 1.86 bits per heavy atom. The minimum atomic E-state index is -3.61. The summed E-state index contributed by atoms with van der Waals surface area (Å²) < 4.78 is 27.1. The van der Waals surface area contributed by atoms with Crippen LogP contribution in [0.2, 0.25) is 0 Å². The molecule has 1 aromatic heterocycles. The zero-order valence-corrected chi connectivity index (χ0v) is 18.2. The van der Waals surface area contributed by atoms with Crippen molar-refractivity contribution in [3.8, 4) is 0 Å². The zero-order chi connectivity index (χ0) is 21.2. The summed E-state index contributed by atoms with van der Waals surface area (Å²) in [4.78, 5) is 18.2. The Bertz CT molecular complexity index is 971. The number of hydrogen-bond donors (Lipinski definition) is 3. The molecule has 3 rings (SSSR count). The van der Waals surface area contributed by atoms with Gasteiger partial charge < -0.3 is 15.7 Å². The molecule has 2 aromatic rings. The maximum absolute atomic E-state index is 12.8. The summed E-state index contributed by atoms with van der Waals surface area (Å²) in [5, 5.41) is 14.9. The Labute approximate surface area is 174 Å². The van der Waals surface area contributed by atoms with E-state index in [1.165, 1.54) is 9.21 Å². The number of amides is 2. The molecule has 0 saturated heterocycles. The van der Waals surface area contributed by atoms with Crippen LogP contribution in [0.15, 0.2) is 28.5 Å². The number of aliphatic hydroxyl groups is 1. The first-order valence-electron chi connectivity index (χ1n) is 9.19. The van der Waals surface area contributed by atoms with E-state index in [2.05, 4.69) is 15.6 Å². The Morgan fingerprint density at radius 3 is 2.45 bits per heavy atom. The molecule has 1 fully saturated rings. The van der Waals surface area contributed by atoms with Crippen LogP contribution < -0.4 is 15.5 Å².